The highest BCUT2D eigenvalue weighted by Gasteiger charge is 2.26. The second-order valence-electron chi connectivity index (χ2n) is 6.82. The van der Waals surface area contributed by atoms with Gasteiger partial charge in [-0.2, -0.15) is 4.31 Å². The third-order valence-electron chi connectivity index (χ3n) is 4.59. The van der Waals surface area contributed by atoms with E-state index in [1.165, 1.54) is 29.4 Å². The molecule has 0 aliphatic carbocycles. The fraction of sp³-hybridized carbons (Fsp3) is 0.300. The third-order valence-corrected chi connectivity index (χ3v) is 6.79. The Morgan fingerprint density at radius 3 is 2.38 bits per heavy atom. The summed E-state index contributed by atoms with van der Waals surface area (Å²) < 4.78 is 27.1. The number of nitrogens with zero attached hydrogens (tertiary/aromatic N) is 1. The fourth-order valence-electron chi connectivity index (χ4n) is 3.14. The second kappa shape index (κ2) is 8.94. The summed E-state index contributed by atoms with van der Waals surface area (Å²) in [5.74, 6) is -0.709. The molecule has 1 aliphatic rings. The Balaban J connectivity index is 1.78. The zero-order chi connectivity index (χ0) is 21.0. The minimum atomic E-state index is -3.63. The minimum Gasteiger partial charge on any atom is -0.326 e. The van der Waals surface area contributed by atoms with Crippen molar-refractivity contribution in [3.63, 3.8) is 0 Å². The van der Waals surface area contributed by atoms with Crippen molar-refractivity contribution in [1.82, 2.24) is 4.31 Å². The molecule has 2 amide bonds. The zero-order valence-corrected chi connectivity index (χ0v) is 17.5. The van der Waals surface area contributed by atoms with Crippen molar-refractivity contribution in [2.75, 3.05) is 23.7 Å². The van der Waals surface area contributed by atoms with Crippen molar-refractivity contribution >= 4 is 44.8 Å². The van der Waals surface area contributed by atoms with Gasteiger partial charge in [-0.3, -0.25) is 9.59 Å². The summed E-state index contributed by atoms with van der Waals surface area (Å²) in [6.07, 6.45) is 2.70. The summed E-state index contributed by atoms with van der Waals surface area (Å²) in [4.78, 5) is 23.9. The van der Waals surface area contributed by atoms with Crippen LogP contribution in [0.3, 0.4) is 0 Å². The Labute approximate surface area is 175 Å². The lowest BCUT2D eigenvalue weighted by molar-refractivity contribution is -0.114. The van der Waals surface area contributed by atoms with Gasteiger partial charge >= 0.3 is 0 Å². The molecule has 7 nitrogen and oxygen atoms in total. The Bertz CT molecular complexity index is 1030. The molecule has 1 fully saturated rings. The Morgan fingerprint density at radius 1 is 1.00 bits per heavy atom. The van der Waals surface area contributed by atoms with Gasteiger partial charge in [0.1, 0.15) is 0 Å². The van der Waals surface area contributed by atoms with Gasteiger partial charge in [0.15, 0.2) is 0 Å². The van der Waals surface area contributed by atoms with E-state index < -0.39 is 15.9 Å². The first-order chi connectivity index (χ1) is 13.8. The van der Waals surface area contributed by atoms with Crippen LogP contribution in [-0.2, 0) is 14.8 Å². The highest BCUT2D eigenvalue weighted by molar-refractivity contribution is 7.89. The van der Waals surface area contributed by atoms with Crippen molar-refractivity contribution < 1.29 is 18.0 Å². The average molecular weight is 436 g/mol. The molecule has 3 rings (SSSR count). The molecule has 0 aromatic heterocycles. The van der Waals surface area contributed by atoms with Gasteiger partial charge in [0.05, 0.1) is 15.6 Å². The van der Waals surface area contributed by atoms with E-state index in [1.807, 2.05) is 0 Å². The predicted octanol–water partition coefficient (Wildman–Crippen LogP) is 3.73. The van der Waals surface area contributed by atoms with Crippen molar-refractivity contribution in [3.8, 4) is 0 Å². The predicted molar refractivity (Wildman–Crippen MR) is 113 cm³/mol. The van der Waals surface area contributed by atoms with Crippen LogP contribution in [0.15, 0.2) is 47.4 Å². The molecular weight excluding hydrogens is 414 g/mol. The molecule has 29 heavy (non-hydrogen) atoms. The molecule has 0 saturated carbocycles. The number of hydrogen-bond acceptors (Lipinski definition) is 4. The third kappa shape index (κ3) is 5.14. The Morgan fingerprint density at radius 2 is 1.72 bits per heavy atom. The number of benzene rings is 2. The van der Waals surface area contributed by atoms with Crippen LogP contribution >= 0.6 is 11.6 Å². The van der Waals surface area contributed by atoms with Crippen LogP contribution in [0.25, 0.3) is 0 Å². The molecule has 2 aromatic rings. The largest absolute Gasteiger partial charge is 0.326 e. The number of amides is 2. The van der Waals surface area contributed by atoms with Crippen LogP contribution in [0, 0.1) is 0 Å². The summed E-state index contributed by atoms with van der Waals surface area (Å²) in [6, 6.07) is 10.7. The highest BCUT2D eigenvalue weighted by Crippen LogP contribution is 2.27. The van der Waals surface area contributed by atoms with Gasteiger partial charge in [0.25, 0.3) is 5.91 Å². The van der Waals surface area contributed by atoms with E-state index >= 15 is 0 Å². The number of piperidine rings is 1. The lowest BCUT2D eigenvalue weighted by Crippen LogP contribution is -2.35. The van der Waals surface area contributed by atoms with Gasteiger partial charge in [-0.25, -0.2) is 8.42 Å². The topological polar surface area (TPSA) is 95.6 Å². The molecule has 9 heteroatoms. The van der Waals surface area contributed by atoms with Crippen molar-refractivity contribution in [2.24, 2.45) is 0 Å². The lowest BCUT2D eigenvalue weighted by Gasteiger charge is -2.26. The van der Waals surface area contributed by atoms with Crippen LogP contribution in [0.4, 0.5) is 11.4 Å². The molecule has 0 radical (unpaired) electrons. The van der Waals surface area contributed by atoms with E-state index in [-0.39, 0.29) is 21.4 Å². The minimum absolute atomic E-state index is 0.0964. The summed E-state index contributed by atoms with van der Waals surface area (Å²) >= 11 is 6.18. The van der Waals surface area contributed by atoms with Gasteiger partial charge < -0.3 is 10.6 Å². The van der Waals surface area contributed by atoms with Crippen molar-refractivity contribution in [1.29, 1.82) is 0 Å². The molecule has 1 saturated heterocycles. The smallest absolute Gasteiger partial charge is 0.255 e. The molecule has 0 bridgehead atoms. The zero-order valence-electron chi connectivity index (χ0n) is 15.9. The maximum Gasteiger partial charge on any atom is 0.255 e. The highest BCUT2D eigenvalue weighted by atomic mass is 35.5. The molecule has 1 aliphatic heterocycles. The number of carbonyl (C=O) groups excluding carboxylic acids is 2. The molecular formula is C20H22ClN3O4S. The molecule has 2 N–H and O–H groups in total. The Kier molecular flexibility index (Phi) is 6.56. The first kappa shape index (κ1) is 21.3. The van der Waals surface area contributed by atoms with E-state index in [0.29, 0.717) is 24.5 Å². The molecule has 0 atom stereocenters. The number of sulfonamides is 1. The van der Waals surface area contributed by atoms with Crippen LogP contribution in [0.1, 0.15) is 36.5 Å². The standard InChI is InChI=1S/C20H22ClN3O4S/c1-14(25)22-16-8-9-19(18(21)13-16)23-20(26)15-6-5-7-17(12-15)29(27,28)24-10-3-2-4-11-24/h5-9,12-13H,2-4,10-11H2,1H3,(H,22,25)(H,23,26). The molecule has 154 valence electrons. The summed E-state index contributed by atoms with van der Waals surface area (Å²) in [5, 5.41) is 5.53. The number of halogens is 1. The second-order valence-corrected chi connectivity index (χ2v) is 9.17. The number of hydrogen-bond donors (Lipinski definition) is 2. The van der Waals surface area contributed by atoms with E-state index in [4.69, 9.17) is 11.6 Å². The molecule has 1 heterocycles. The quantitative estimate of drug-likeness (QED) is 0.748. The van der Waals surface area contributed by atoms with Gasteiger partial charge in [-0.15, -0.1) is 0 Å². The van der Waals surface area contributed by atoms with Gasteiger partial charge in [0, 0.05) is 31.3 Å². The van der Waals surface area contributed by atoms with Gasteiger partial charge in [0.2, 0.25) is 15.9 Å². The number of anilines is 2. The van der Waals surface area contributed by atoms with Gasteiger partial charge in [-0.05, 0) is 49.2 Å². The van der Waals surface area contributed by atoms with Gasteiger partial charge in [-0.1, -0.05) is 24.1 Å². The van der Waals surface area contributed by atoms with E-state index in [1.54, 1.807) is 24.3 Å². The lowest BCUT2D eigenvalue weighted by atomic mass is 10.2. The summed E-state index contributed by atoms with van der Waals surface area (Å²) in [7, 11) is -3.63. The average Bonchev–Trinajstić information content (AvgIpc) is 2.70. The Hall–Kier alpha value is -2.42. The van der Waals surface area contributed by atoms with Crippen molar-refractivity contribution in [2.45, 2.75) is 31.1 Å². The van der Waals surface area contributed by atoms with Crippen LogP contribution in [0.5, 0.6) is 0 Å². The maximum atomic E-state index is 12.8. The fourth-order valence-corrected chi connectivity index (χ4v) is 4.94. The molecule has 0 spiro atoms. The first-order valence-corrected chi connectivity index (χ1v) is 11.1. The summed E-state index contributed by atoms with van der Waals surface area (Å²) in [6.45, 7) is 2.37. The number of carbonyl (C=O) groups is 2. The maximum absolute atomic E-state index is 12.8. The normalized spacial score (nSPS) is 15.0. The molecule has 0 unspecified atom stereocenters. The molecule has 2 aromatic carbocycles. The van der Waals surface area contributed by atoms with Crippen LogP contribution in [-0.4, -0.2) is 37.6 Å². The van der Waals surface area contributed by atoms with E-state index in [2.05, 4.69) is 10.6 Å². The van der Waals surface area contributed by atoms with Crippen LogP contribution in [0.2, 0.25) is 5.02 Å². The number of rotatable bonds is 5. The SMILES string of the molecule is CC(=O)Nc1ccc(NC(=O)c2cccc(S(=O)(=O)N3CCCCC3)c2)c(Cl)c1. The van der Waals surface area contributed by atoms with Crippen LogP contribution < -0.4 is 10.6 Å². The first-order valence-electron chi connectivity index (χ1n) is 9.26. The van der Waals surface area contributed by atoms with Crippen molar-refractivity contribution in [3.05, 3.63) is 53.1 Å². The number of nitrogens with one attached hydrogen (secondary N) is 2. The van der Waals surface area contributed by atoms with E-state index in [9.17, 15) is 18.0 Å². The monoisotopic (exact) mass is 435 g/mol. The summed E-state index contributed by atoms with van der Waals surface area (Å²) in [5.41, 5.74) is 1.08. The van der Waals surface area contributed by atoms with E-state index in [0.717, 1.165) is 19.3 Å².